The second kappa shape index (κ2) is 7.66. The van der Waals surface area contributed by atoms with E-state index >= 15 is 0 Å². The highest BCUT2D eigenvalue weighted by Gasteiger charge is 2.34. The number of carbonyl (C=O) groups is 1. The summed E-state index contributed by atoms with van der Waals surface area (Å²) in [4.78, 5) is 18.4. The van der Waals surface area contributed by atoms with E-state index in [0.717, 1.165) is 24.3 Å². The molecular weight excluding hydrogens is 324 g/mol. The van der Waals surface area contributed by atoms with Crippen molar-refractivity contribution in [3.8, 4) is 0 Å². The Morgan fingerprint density at radius 1 is 1.08 bits per heavy atom. The monoisotopic (exact) mass is 344 g/mol. The van der Waals surface area contributed by atoms with Crippen molar-refractivity contribution in [1.29, 1.82) is 0 Å². The number of nitrogens with zero attached hydrogens (tertiary/aromatic N) is 4. The zero-order valence-electron chi connectivity index (χ0n) is 14.9. The second-order valence-corrected chi connectivity index (χ2v) is 5.81. The molecule has 5 nitrogen and oxygen atoms in total. The molecule has 1 heterocycles. The highest BCUT2D eigenvalue weighted by molar-refractivity contribution is 6.34. The first kappa shape index (κ1) is 17.4. The van der Waals surface area contributed by atoms with Gasteiger partial charge in [0.15, 0.2) is 0 Å². The van der Waals surface area contributed by atoms with Gasteiger partial charge in [0, 0.05) is 18.8 Å². The van der Waals surface area contributed by atoms with E-state index < -0.39 is 0 Å². The van der Waals surface area contributed by atoms with Crippen molar-refractivity contribution in [2.45, 2.75) is 13.8 Å². The third-order valence-electron chi connectivity index (χ3n) is 4.30. The van der Waals surface area contributed by atoms with Gasteiger partial charge in [0.05, 0.1) is 11.3 Å². The number of amides is 1. The fourth-order valence-corrected chi connectivity index (χ4v) is 2.89. The number of amidine groups is 1. The third-order valence-corrected chi connectivity index (χ3v) is 4.30. The quantitative estimate of drug-likeness (QED) is 0.602. The molecule has 2 aromatic rings. The van der Waals surface area contributed by atoms with Crippen LogP contribution in [0.5, 0.6) is 0 Å². The van der Waals surface area contributed by atoms with Crippen LogP contribution in [-0.4, -0.2) is 24.8 Å². The summed E-state index contributed by atoms with van der Waals surface area (Å²) in [5.41, 5.74) is 2.98. The number of carbonyl (C=O) groups excluding carboxylic acids is 1. The fraction of sp³-hybridized carbons (Fsp3) is 0.190. The molecule has 0 aliphatic carbocycles. The fourth-order valence-electron chi connectivity index (χ4n) is 2.89. The number of hydrogen-bond acceptors (Lipinski definition) is 3. The van der Waals surface area contributed by atoms with E-state index in [0.29, 0.717) is 11.3 Å². The van der Waals surface area contributed by atoms with Crippen molar-refractivity contribution >= 4 is 29.2 Å². The van der Waals surface area contributed by atoms with Crippen LogP contribution in [0.2, 0.25) is 0 Å². The van der Waals surface area contributed by atoms with Gasteiger partial charge in [0.1, 0.15) is 0 Å². The maximum absolute atomic E-state index is 12.7. The molecule has 3 rings (SSSR count). The van der Waals surface area contributed by atoms with Crippen molar-refractivity contribution in [3.05, 3.63) is 77.2 Å². The van der Waals surface area contributed by atoms with Gasteiger partial charge in [-0.05, 0) is 48.8 Å². The van der Waals surface area contributed by atoms with Crippen LogP contribution in [0.4, 0.5) is 11.4 Å². The maximum Gasteiger partial charge on any atom is 0.307 e. The van der Waals surface area contributed by atoms with E-state index in [2.05, 4.69) is 28.7 Å². The first-order valence-corrected chi connectivity index (χ1v) is 8.60. The summed E-state index contributed by atoms with van der Waals surface area (Å²) < 4.78 is 0. The molecule has 5 heteroatoms. The number of rotatable bonds is 5. The number of hydrogen-bond donors (Lipinski definition) is 0. The molecule has 130 valence electrons. The van der Waals surface area contributed by atoms with E-state index in [9.17, 15) is 4.79 Å². The average Bonchev–Trinajstić information content (AvgIpc) is 3.00. The zero-order valence-corrected chi connectivity index (χ0v) is 14.9. The van der Waals surface area contributed by atoms with Crippen molar-refractivity contribution in [2.75, 3.05) is 23.0 Å². The van der Waals surface area contributed by atoms with Crippen LogP contribution in [0.1, 0.15) is 19.4 Å². The number of anilines is 2. The average molecular weight is 344 g/mol. The summed E-state index contributed by atoms with van der Waals surface area (Å²) >= 11 is 0. The molecule has 1 aliphatic heterocycles. The molecular formula is C21H20N4O. The lowest BCUT2D eigenvalue weighted by atomic mass is 10.1. The van der Waals surface area contributed by atoms with Gasteiger partial charge in [-0.2, -0.15) is 0 Å². The van der Waals surface area contributed by atoms with E-state index in [1.165, 1.54) is 5.01 Å². The Hall–Kier alpha value is -3.39. The van der Waals surface area contributed by atoms with Gasteiger partial charge < -0.3 is 9.74 Å². The lowest BCUT2D eigenvalue weighted by Gasteiger charge is -2.20. The van der Waals surface area contributed by atoms with Crippen LogP contribution < -0.4 is 9.91 Å². The Morgan fingerprint density at radius 3 is 2.31 bits per heavy atom. The van der Waals surface area contributed by atoms with Gasteiger partial charge >= 0.3 is 5.84 Å². The third kappa shape index (κ3) is 3.35. The molecule has 0 unspecified atom stereocenters. The Bertz CT molecular complexity index is 888. The summed E-state index contributed by atoms with van der Waals surface area (Å²) in [6.07, 6.45) is 1.73. The summed E-state index contributed by atoms with van der Waals surface area (Å²) in [5.74, 6) is -0.165. The molecule has 1 aliphatic rings. The Labute approximate surface area is 153 Å². The first-order valence-electron chi connectivity index (χ1n) is 8.60. The van der Waals surface area contributed by atoms with Crippen molar-refractivity contribution in [1.82, 2.24) is 0 Å². The highest BCUT2D eigenvalue weighted by atomic mass is 16.2. The molecule has 0 spiro atoms. The normalized spacial score (nSPS) is 15.1. The van der Waals surface area contributed by atoms with Crippen molar-refractivity contribution in [2.24, 2.45) is 5.10 Å². The first-order chi connectivity index (χ1) is 12.7. The lowest BCUT2D eigenvalue weighted by molar-refractivity contribution is -0.114. The number of benzene rings is 2. The number of para-hydroxylation sites is 1. The van der Waals surface area contributed by atoms with E-state index in [4.69, 9.17) is 6.57 Å². The largest absolute Gasteiger partial charge is 0.372 e. The van der Waals surface area contributed by atoms with Gasteiger partial charge in [0.2, 0.25) is 0 Å². The van der Waals surface area contributed by atoms with Crippen LogP contribution in [0, 0.1) is 6.57 Å². The summed E-state index contributed by atoms with van der Waals surface area (Å²) in [6.45, 7) is 13.5. The molecule has 0 aromatic heterocycles. The predicted molar refractivity (Wildman–Crippen MR) is 106 cm³/mol. The number of hydrazone groups is 1. The molecule has 1 amide bonds. The molecule has 0 radical (unpaired) electrons. The van der Waals surface area contributed by atoms with Gasteiger partial charge in [-0.1, -0.05) is 43.0 Å². The molecule has 0 bridgehead atoms. The molecule has 0 atom stereocenters. The predicted octanol–water partition coefficient (Wildman–Crippen LogP) is 4.20. The van der Waals surface area contributed by atoms with Crippen LogP contribution in [-0.2, 0) is 4.79 Å². The van der Waals surface area contributed by atoms with E-state index in [1.807, 2.05) is 42.5 Å². The van der Waals surface area contributed by atoms with Crippen molar-refractivity contribution in [3.63, 3.8) is 0 Å². The molecule has 0 saturated carbocycles. The van der Waals surface area contributed by atoms with E-state index in [-0.39, 0.29) is 11.7 Å². The minimum absolute atomic E-state index is 0.117. The van der Waals surface area contributed by atoms with Gasteiger partial charge in [-0.3, -0.25) is 4.79 Å². The maximum atomic E-state index is 12.7. The lowest BCUT2D eigenvalue weighted by Crippen LogP contribution is -2.21. The topological polar surface area (TPSA) is 40.3 Å². The standard InChI is InChI=1S/C21H20N4O/c1-4-24(5-2)17-13-11-16(12-14-17)15-19-20(22-3)23-25(21(19)26)18-9-7-6-8-10-18/h6-15H,4-5H2,1-2H3/b19-15-. The minimum atomic E-state index is -0.282. The smallest absolute Gasteiger partial charge is 0.307 e. The van der Waals surface area contributed by atoms with Gasteiger partial charge in [0.25, 0.3) is 5.91 Å². The Balaban J connectivity index is 1.90. The van der Waals surface area contributed by atoms with Crippen LogP contribution in [0.3, 0.4) is 0 Å². The van der Waals surface area contributed by atoms with Gasteiger partial charge in [-0.15, -0.1) is 5.01 Å². The molecule has 0 fully saturated rings. The van der Waals surface area contributed by atoms with Gasteiger partial charge in [-0.25, -0.2) is 0 Å². The Morgan fingerprint density at radius 2 is 1.73 bits per heavy atom. The SMILES string of the molecule is [C-]#[N+]C1=NN(c2ccccc2)C(=O)/C1=C\c1ccc(N(CC)CC)cc1. The van der Waals surface area contributed by atoms with Crippen LogP contribution >= 0.6 is 0 Å². The highest BCUT2D eigenvalue weighted by Crippen LogP contribution is 2.26. The zero-order chi connectivity index (χ0) is 18.5. The molecule has 0 saturated heterocycles. The van der Waals surface area contributed by atoms with Crippen LogP contribution in [0.25, 0.3) is 10.9 Å². The van der Waals surface area contributed by atoms with E-state index in [1.54, 1.807) is 18.2 Å². The minimum Gasteiger partial charge on any atom is -0.372 e. The summed E-state index contributed by atoms with van der Waals surface area (Å²) in [6, 6.07) is 17.1. The molecule has 26 heavy (non-hydrogen) atoms. The molecule has 0 N–H and O–H groups in total. The summed E-state index contributed by atoms with van der Waals surface area (Å²) in [7, 11) is 0. The summed E-state index contributed by atoms with van der Waals surface area (Å²) in [5, 5.41) is 5.46. The Kier molecular flexibility index (Phi) is 5.14. The van der Waals surface area contributed by atoms with Crippen molar-refractivity contribution < 1.29 is 4.79 Å². The van der Waals surface area contributed by atoms with Crippen LogP contribution in [0.15, 0.2) is 65.3 Å². The molecule has 2 aromatic carbocycles. The second-order valence-electron chi connectivity index (χ2n) is 5.81.